The van der Waals surface area contributed by atoms with Gasteiger partial charge < -0.3 is 9.26 Å². The Morgan fingerprint density at radius 2 is 1.77 bits per heavy atom. The highest BCUT2D eigenvalue weighted by molar-refractivity contribution is 7.89. The van der Waals surface area contributed by atoms with Gasteiger partial charge in [-0.15, -0.1) is 0 Å². The van der Waals surface area contributed by atoms with Crippen LogP contribution in [0.2, 0.25) is 0 Å². The molecule has 1 N–H and O–H groups in total. The van der Waals surface area contributed by atoms with Crippen LogP contribution in [0.25, 0.3) is 11.4 Å². The van der Waals surface area contributed by atoms with Crippen molar-refractivity contribution in [2.75, 3.05) is 0 Å². The van der Waals surface area contributed by atoms with Gasteiger partial charge in [0.2, 0.25) is 15.8 Å². The van der Waals surface area contributed by atoms with Crippen LogP contribution in [0.5, 0.6) is 0 Å². The van der Waals surface area contributed by atoms with Gasteiger partial charge in [-0.3, -0.25) is 9.59 Å². The zero-order valence-corrected chi connectivity index (χ0v) is 17.0. The summed E-state index contributed by atoms with van der Waals surface area (Å²) in [6, 6.07) is 13.4. The Bertz CT molecular complexity index is 1140. The molecular weight excluding hydrogens is 410 g/mol. The van der Waals surface area contributed by atoms with E-state index in [2.05, 4.69) is 14.9 Å². The number of carbonyl (C=O) groups is 2. The molecule has 0 aliphatic carbocycles. The van der Waals surface area contributed by atoms with Crippen molar-refractivity contribution in [3.05, 3.63) is 66.1 Å². The molecule has 0 saturated heterocycles. The molecule has 1 atom stereocenters. The SMILES string of the molecule is CC(=O)c1ccc(S(=O)(=O)N[C@H](C)C(=O)OCc2nc(-c3ccccc3)no2)cc1. The van der Waals surface area contributed by atoms with Crippen LogP contribution >= 0.6 is 0 Å². The number of benzene rings is 2. The topological polar surface area (TPSA) is 128 Å². The molecule has 0 unspecified atom stereocenters. The summed E-state index contributed by atoms with van der Waals surface area (Å²) in [6.07, 6.45) is 0. The van der Waals surface area contributed by atoms with Gasteiger partial charge in [0, 0.05) is 11.1 Å². The van der Waals surface area contributed by atoms with E-state index in [1.165, 1.54) is 38.1 Å². The van der Waals surface area contributed by atoms with Gasteiger partial charge in [-0.05, 0) is 26.0 Å². The van der Waals surface area contributed by atoms with Crippen LogP contribution in [0.4, 0.5) is 0 Å². The van der Waals surface area contributed by atoms with Crippen LogP contribution in [-0.4, -0.2) is 36.4 Å². The minimum atomic E-state index is -3.98. The number of nitrogens with one attached hydrogen (secondary N) is 1. The lowest BCUT2D eigenvalue weighted by Gasteiger charge is -2.13. The first kappa shape index (κ1) is 21.3. The van der Waals surface area contributed by atoms with Crippen molar-refractivity contribution in [3.8, 4) is 11.4 Å². The van der Waals surface area contributed by atoms with Gasteiger partial charge in [-0.25, -0.2) is 8.42 Å². The second kappa shape index (κ2) is 8.97. The van der Waals surface area contributed by atoms with Gasteiger partial charge >= 0.3 is 5.97 Å². The second-order valence-electron chi connectivity index (χ2n) is 6.41. The fraction of sp³-hybridized carbons (Fsp3) is 0.200. The predicted molar refractivity (Wildman–Crippen MR) is 106 cm³/mol. The molecule has 0 spiro atoms. The van der Waals surface area contributed by atoms with Gasteiger partial charge in [0.25, 0.3) is 5.89 Å². The third-order valence-electron chi connectivity index (χ3n) is 4.09. The Hall–Kier alpha value is -3.37. The highest BCUT2D eigenvalue weighted by Crippen LogP contribution is 2.15. The van der Waals surface area contributed by atoms with Crippen molar-refractivity contribution in [1.82, 2.24) is 14.9 Å². The van der Waals surface area contributed by atoms with Gasteiger partial charge in [-0.2, -0.15) is 9.71 Å². The summed E-state index contributed by atoms with van der Waals surface area (Å²) >= 11 is 0. The Morgan fingerprint density at radius 3 is 2.40 bits per heavy atom. The summed E-state index contributed by atoms with van der Waals surface area (Å²) in [7, 11) is -3.98. The first-order valence-corrected chi connectivity index (χ1v) is 10.4. The summed E-state index contributed by atoms with van der Waals surface area (Å²) in [5.74, 6) is -0.555. The molecule has 1 aromatic heterocycles. The lowest BCUT2D eigenvalue weighted by molar-refractivity contribution is -0.147. The monoisotopic (exact) mass is 429 g/mol. The molecular formula is C20H19N3O6S. The van der Waals surface area contributed by atoms with Crippen LogP contribution < -0.4 is 4.72 Å². The molecule has 0 amide bonds. The molecule has 3 aromatic rings. The summed E-state index contributed by atoms with van der Waals surface area (Å²) in [5, 5.41) is 3.81. The van der Waals surface area contributed by atoms with Crippen molar-refractivity contribution in [2.24, 2.45) is 0 Å². The molecule has 0 saturated carbocycles. The molecule has 30 heavy (non-hydrogen) atoms. The van der Waals surface area contributed by atoms with E-state index in [1.807, 2.05) is 18.2 Å². The van der Waals surface area contributed by atoms with Gasteiger partial charge in [0.1, 0.15) is 6.04 Å². The number of hydrogen-bond donors (Lipinski definition) is 1. The maximum Gasteiger partial charge on any atom is 0.324 e. The van der Waals surface area contributed by atoms with E-state index in [9.17, 15) is 18.0 Å². The minimum absolute atomic E-state index is 0.0726. The third-order valence-corrected chi connectivity index (χ3v) is 5.65. The highest BCUT2D eigenvalue weighted by atomic mass is 32.2. The molecule has 10 heteroatoms. The van der Waals surface area contributed by atoms with Crippen molar-refractivity contribution >= 4 is 21.8 Å². The zero-order chi connectivity index (χ0) is 21.7. The standard InChI is InChI=1S/C20H19N3O6S/c1-13(23-30(26,27)17-10-8-15(9-11-17)14(2)24)20(25)28-12-18-21-19(22-29-18)16-6-4-3-5-7-16/h3-11,13,23H,12H2,1-2H3/t13-/m1/s1. The molecule has 0 fully saturated rings. The van der Waals surface area contributed by atoms with Crippen LogP contribution in [-0.2, 0) is 26.2 Å². The molecule has 1 heterocycles. The average molecular weight is 429 g/mol. The van der Waals surface area contributed by atoms with E-state index in [4.69, 9.17) is 9.26 Å². The van der Waals surface area contributed by atoms with Crippen molar-refractivity contribution < 1.29 is 27.3 Å². The molecule has 0 bridgehead atoms. The number of esters is 1. The van der Waals surface area contributed by atoms with Crippen molar-refractivity contribution in [2.45, 2.75) is 31.4 Å². The van der Waals surface area contributed by atoms with E-state index in [0.717, 1.165) is 5.56 Å². The quantitative estimate of drug-likeness (QED) is 0.427. The van der Waals surface area contributed by atoms with E-state index >= 15 is 0 Å². The number of ketones is 1. The first-order chi connectivity index (χ1) is 14.3. The number of carbonyl (C=O) groups excluding carboxylic acids is 2. The Labute approximate surface area is 173 Å². The third kappa shape index (κ3) is 5.16. The van der Waals surface area contributed by atoms with Gasteiger partial charge in [0.15, 0.2) is 12.4 Å². The lowest BCUT2D eigenvalue weighted by atomic mass is 10.2. The summed E-state index contributed by atoms with van der Waals surface area (Å²) in [4.78, 5) is 27.5. The lowest BCUT2D eigenvalue weighted by Crippen LogP contribution is -2.39. The van der Waals surface area contributed by atoms with Crippen LogP contribution in [0.15, 0.2) is 64.0 Å². The number of nitrogens with zero attached hydrogens (tertiary/aromatic N) is 2. The number of Topliss-reactive ketones (excluding diaryl/α,β-unsaturated/α-hetero) is 1. The first-order valence-electron chi connectivity index (χ1n) is 8.94. The highest BCUT2D eigenvalue weighted by Gasteiger charge is 2.24. The zero-order valence-electron chi connectivity index (χ0n) is 16.2. The number of ether oxygens (including phenoxy) is 1. The molecule has 3 rings (SSSR count). The van der Waals surface area contributed by atoms with E-state index < -0.39 is 22.0 Å². The Morgan fingerprint density at radius 1 is 1.10 bits per heavy atom. The predicted octanol–water partition coefficient (Wildman–Crippen LogP) is 2.35. The van der Waals surface area contributed by atoms with Crippen LogP contribution in [0.1, 0.15) is 30.1 Å². The van der Waals surface area contributed by atoms with Gasteiger partial charge in [-0.1, -0.05) is 47.6 Å². The molecule has 0 radical (unpaired) electrons. The van der Waals surface area contributed by atoms with Crippen LogP contribution in [0, 0.1) is 0 Å². The summed E-state index contributed by atoms with van der Waals surface area (Å²) < 4.78 is 37.2. The average Bonchev–Trinajstić information content (AvgIpc) is 3.21. The Kier molecular flexibility index (Phi) is 6.38. The summed E-state index contributed by atoms with van der Waals surface area (Å²) in [5.41, 5.74) is 1.13. The van der Waals surface area contributed by atoms with E-state index in [1.54, 1.807) is 12.1 Å². The number of hydrogen-bond acceptors (Lipinski definition) is 8. The molecule has 9 nitrogen and oxygen atoms in total. The molecule has 156 valence electrons. The fourth-order valence-corrected chi connectivity index (χ4v) is 3.69. The maximum atomic E-state index is 12.4. The van der Waals surface area contributed by atoms with E-state index in [0.29, 0.717) is 11.4 Å². The molecule has 0 aliphatic heterocycles. The van der Waals surface area contributed by atoms with Crippen LogP contribution in [0.3, 0.4) is 0 Å². The van der Waals surface area contributed by atoms with Gasteiger partial charge in [0.05, 0.1) is 4.90 Å². The second-order valence-corrected chi connectivity index (χ2v) is 8.12. The number of rotatable bonds is 8. The normalized spacial score (nSPS) is 12.3. The smallest absolute Gasteiger partial charge is 0.324 e. The number of sulfonamides is 1. The Balaban J connectivity index is 1.58. The van der Waals surface area contributed by atoms with Crippen molar-refractivity contribution in [3.63, 3.8) is 0 Å². The largest absolute Gasteiger partial charge is 0.454 e. The molecule has 0 aliphatic rings. The van der Waals surface area contributed by atoms with Crippen molar-refractivity contribution in [1.29, 1.82) is 0 Å². The summed E-state index contributed by atoms with van der Waals surface area (Å²) in [6.45, 7) is 2.44. The van der Waals surface area contributed by atoms with E-state index in [-0.39, 0.29) is 23.2 Å². The number of aromatic nitrogens is 2. The maximum absolute atomic E-state index is 12.4. The minimum Gasteiger partial charge on any atom is -0.454 e. The molecule has 2 aromatic carbocycles. The fourth-order valence-electron chi connectivity index (χ4n) is 2.49.